The van der Waals surface area contributed by atoms with Crippen molar-refractivity contribution in [2.24, 2.45) is 5.92 Å². The standard InChI is InChI=1S/C16H20N6O4/c1-25-10-13(23)22-7-2-4-11(9-22)16(24)19-8-12-20-15(21-26-12)14-17-5-3-6-18-14/h3,5-6,11H,2,4,7-10H2,1H3,(H,19,24)/t11-/m0/s1. The zero-order valence-corrected chi connectivity index (χ0v) is 14.4. The number of hydrogen-bond acceptors (Lipinski definition) is 8. The number of nitrogens with one attached hydrogen (secondary N) is 1. The maximum atomic E-state index is 12.4. The van der Waals surface area contributed by atoms with E-state index in [1.807, 2.05) is 0 Å². The van der Waals surface area contributed by atoms with E-state index in [0.29, 0.717) is 18.9 Å². The number of methoxy groups -OCH3 is 1. The first kappa shape index (κ1) is 17.9. The van der Waals surface area contributed by atoms with E-state index in [1.54, 1.807) is 23.4 Å². The number of nitrogens with zero attached hydrogens (tertiary/aromatic N) is 5. The fourth-order valence-electron chi connectivity index (χ4n) is 2.77. The van der Waals surface area contributed by atoms with E-state index >= 15 is 0 Å². The van der Waals surface area contributed by atoms with Gasteiger partial charge in [-0.05, 0) is 18.9 Å². The first-order chi connectivity index (χ1) is 12.7. The van der Waals surface area contributed by atoms with Gasteiger partial charge in [-0.1, -0.05) is 5.16 Å². The first-order valence-corrected chi connectivity index (χ1v) is 8.31. The molecule has 0 aliphatic carbocycles. The van der Waals surface area contributed by atoms with Crippen molar-refractivity contribution in [3.63, 3.8) is 0 Å². The van der Waals surface area contributed by atoms with E-state index in [1.165, 1.54) is 7.11 Å². The Labute approximate surface area is 150 Å². The van der Waals surface area contributed by atoms with Crippen molar-refractivity contribution in [2.45, 2.75) is 19.4 Å². The molecule has 0 saturated carbocycles. The summed E-state index contributed by atoms with van der Waals surface area (Å²) >= 11 is 0. The van der Waals surface area contributed by atoms with Crippen molar-refractivity contribution in [3.8, 4) is 11.6 Å². The molecule has 26 heavy (non-hydrogen) atoms. The second kappa shape index (κ2) is 8.48. The van der Waals surface area contributed by atoms with E-state index in [9.17, 15) is 9.59 Å². The van der Waals surface area contributed by atoms with Gasteiger partial charge >= 0.3 is 0 Å². The van der Waals surface area contributed by atoms with Crippen LogP contribution in [0.15, 0.2) is 23.0 Å². The number of likely N-dealkylation sites (tertiary alicyclic amines) is 1. The Balaban J connectivity index is 1.52. The highest BCUT2D eigenvalue weighted by molar-refractivity contribution is 5.81. The quantitative estimate of drug-likeness (QED) is 0.765. The average molecular weight is 360 g/mol. The lowest BCUT2D eigenvalue weighted by atomic mass is 9.97. The highest BCUT2D eigenvalue weighted by Crippen LogP contribution is 2.17. The number of ether oxygens (including phenoxy) is 1. The second-order valence-corrected chi connectivity index (χ2v) is 5.91. The summed E-state index contributed by atoms with van der Waals surface area (Å²) < 4.78 is 9.98. The first-order valence-electron chi connectivity index (χ1n) is 8.31. The Morgan fingerprint density at radius 2 is 2.15 bits per heavy atom. The van der Waals surface area contributed by atoms with Crippen molar-refractivity contribution in [1.29, 1.82) is 0 Å². The van der Waals surface area contributed by atoms with Crippen LogP contribution in [0.25, 0.3) is 11.6 Å². The molecule has 1 aliphatic rings. The molecule has 2 amide bonds. The largest absolute Gasteiger partial charge is 0.375 e. The van der Waals surface area contributed by atoms with Crippen molar-refractivity contribution in [1.82, 2.24) is 30.3 Å². The van der Waals surface area contributed by atoms with Crippen molar-refractivity contribution in [2.75, 3.05) is 26.8 Å². The van der Waals surface area contributed by atoms with Gasteiger partial charge in [-0.3, -0.25) is 9.59 Å². The van der Waals surface area contributed by atoms with Crippen LogP contribution in [0.1, 0.15) is 18.7 Å². The molecule has 3 rings (SSSR count). The Morgan fingerprint density at radius 1 is 1.35 bits per heavy atom. The molecule has 0 aromatic carbocycles. The summed E-state index contributed by atoms with van der Waals surface area (Å²) in [4.78, 5) is 38.2. The average Bonchev–Trinajstić information content (AvgIpc) is 3.16. The number of carbonyl (C=O) groups is 2. The molecule has 0 unspecified atom stereocenters. The van der Waals surface area contributed by atoms with Crippen molar-refractivity contribution < 1.29 is 18.8 Å². The fraction of sp³-hybridized carbons (Fsp3) is 0.500. The minimum Gasteiger partial charge on any atom is -0.375 e. The number of carbonyl (C=O) groups excluding carboxylic acids is 2. The predicted molar refractivity (Wildman–Crippen MR) is 88.4 cm³/mol. The van der Waals surface area contributed by atoms with E-state index in [-0.39, 0.29) is 42.6 Å². The summed E-state index contributed by atoms with van der Waals surface area (Å²) in [7, 11) is 1.48. The molecule has 3 heterocycles. The lowest BCUT2D eigenvalue weighted by Crippen LogP contribution is -2.46. The third-order valence-corrected chi connectivity index (χ3v) is 4.06. The third-order valence-electron chi connectivity index (χ3n) is 4.06. The third kappa shape index (κ3) is 4.39. The van der Waals surface area contributed by atoms with Gasteiger partial charge in [0.05, 0.1) is 12.5 Å². The molecular formula is C16H20N6O4. The molecule has 10 heteroatoms. The molecule has 1 atom stereocenters. The molecule has 1 N–H and O–H groups in total. The van der Waals surface area contributed by atoms with Gasteiger partial charge in [0.2, 0.25) is 29.4 Å². The van der Waals surface area contributed by atoms with Gasteiger partial charge in [0.25, 0.3) is 0 Å². The van der Waals surface area contributed by atoms with E-state index < -0.39 is 0 Å². The maximum absolute atomic E-state index is 12.4. The maximum Gasteiger partial charge on any atom is 0.248 e. The number of aromatic nitrogens is 4. The molecular weight excluding hydrogens is 340 g/mol. The monoisotopic (exact) mass is 360 g/mol. The molecule has 2 aromatic rings. The molecule has 1 aliphatic heterocycles. The van der Waals surface area contributed by atoms with Crippen LogP contribution >= 0.6 is 0 Å². The molecule has 1 fully saturated rings. The summed E-state index contributed by atoms with van der Waals surface area (Å²) in [6.07, 6.45) is 4.68. The highest BCUT2D eigenvalue weighted by atomic mass is 16.5. The minimum atomic E-state index is -0.260. The Morgan fingerprint density at radius 3 is 2.92 bits per heavy atom. The number of rotatable bonds is 6. The summed E-state index contributed by atoms with van der Waals surface area (Å²) in [6, 6.07) is 1.69. The van der Waals surface area contributed by atoms with E-state index in [4.69, 9.17) is 9.26 Å². The van der Waals surface area contributed by atoms with Crippen molar-refractivity contribution in [3.05, 3.63) is 24.4 Å². The minimum absolute atomic E-state index is 0.0284. The van der Waals surface area contributed by atoms with Gasteiger partial charge in [0, 0.05) is 32.6 Å². The second-order valence-electron chi connectivity index (χ2n) is 5.91. The lowest BCUT2D eigenvalue weighted by Gasteiger charge is -2.31. The summed E-state index contributed by atoms with van der Waals surface area (Å²) in [5, 5.41) is 6.58. The van der Waals surface area contributed by atoms with Crippen LogP contribution in [0.3, 0.4) is 0 Å². The van der Waals surface area contributed by atoms with Gasteiger partial charge in [-0.2, -0.15) is 4.98 Å². The molecule has 2 aromatic heterocycles. The van der Waals surface area contributed by atoms with E-state index in [2.05, 4.69) is 25.4 Å². The van der Waals surface area contributed by atoms with Crippen LogP contribution < -0.4 is 5.32 Å². The van der Waals surface area contributed by atoms with Gasteiger partial charge in [-0.25, -0.2) is 9.97 Å². The van der Waals surface area contributed by atoms with Gasteiger partial charge in [0.15, 0.2) is 0 Å². The van der Waals surface area contributed by atoms with Gasteiger partial charge in [-0.15, -0.1) is 0 Å². The van der Waals surface area contributed by atoms with E-state index in [0.717, 1.165) is 12.8 Å². The Hall–Kier alpha value is -2.88. The van der Waals surface area contributed by atoms with Gasteiger partial charge < -0.3 is 19.5 Å². The Bertz CT molecular complexity index is 750. The van der Waals surface area contributed by atoms with Crippen LogP contribution in [0, 0.1) is 5.92 Å². The summed E-state index contributed by atoms with van der Waals surface area (Å²) in [5.41, 5.74) is 0. The molecule has 138 valence electrons. The number of amides is 2. The molecule has 1 saturated heterocycles. The van der Waals surface area contributed by atoms with Gasteiger partial charge in [0.1, 0.15) is 6.61 Å². The fourth-order valence-corrected chi connectivity index (χ4v) is 2.77. The Kier molecular flexibility index (Phi) is 5.84. The lowest BCUT2D eigenvalue weighted by molar-refractivity contribution is -0.139. The van der Waals surface area contributed by atoms with Crippen LogP contribution in [0.4, 0.5) is 0 Å². The summed E-state index contributed by atoms with van der Waals surface area (Å²) in [5.74, 6) is 0.385. The van der Waals surface area contributed by atoms with Crippen LogP contribution in [-0.4, -0.2) is 63.6 Å². The molecule has 0 radical (unpaired) electrons. The van der Waals surface area contributed by atoms with Crippen LogP contribution in [0.2, 0.25) is 0 Å². The number of piperidine rings is 1. The SMILES string of the molecule is COCC(=O)N1CCC[C@H](C(=O)NCc2nc(-c3ncccn3)no2)C1. The topological polar surface area (TPSA) is 123 Å². The molecule has 0 spiro atoms. The normalized spacial score (nSPS) is 17.1. The van der Waals surface area contributed by atoms with Crippen molar-refractivity contribution >= 4 is 11.8 Å². The number of hydrogen-bond donors (Lipinski definition) is 1. The molecule has 0 bridgehead atoms. The zero-order chi connectivity index (χ0) is 18.4. The summed E-state index contributed by atoms with van der Waals surface area (Å²) in [6.45, 7) is 1.18. The predicted octanol–water partition coefficient (Wildman–Crippen LogP) is 0.0278. The highest BCUT2D eigenvalue weighted by Gasteiger charge is 2.28. The molecule has 10 nitrogen and oxygen atoms in total. The smallest absolute Gasteiger partial charge is 0.248 e. The van der Waals surface area contributed by atoms with Crippen LogP contribution in [0.5, 0.6) is 0 Å². The zero-order valence-electron chi connectivity index (χ0n) is 14.4. The van der Waals surface area contributed by atoms with Crippen LogP contribution in [-0.2, 0) is 20.9 Å².